The van der Waals surface area contributed by atoms with Gasteiger partial charge in [-0.15, -0.1) is 0 Å². The summed E-state index contributed by atoms with van der Waals surface area (Å²) in [6.45, 7) is 8.56. The van der Waals surface area contributed by atoms with Crippen LogP contribution in [0.2, 0.25) is 0 Å². The molecule has 1 amide bonds. The Kier molecular flexibility index (Phi) is 7.05. The van der Waals surface area contributed by atoms with Crippen molar-refractivity contribution in [3.63, 3.8) is 0 Å². The van der Waals surface area contributed by atoms with E-state index in [0.29, 0.717) is 0 Å². The number of carbonyl (C=O) groups is 1. The zero-order chi connectivity index (χ0) is 26.2. The average Bonchev–Trinajstić information content (AvgIpc) is 3.30. The summed E-state index contributed by atoms with van der Waals surface area (Å²) < 4.78 is 19.3. The molecule has 3 aromatic carbocycles. The van der Waals surface area contributed by atoms with Crippen molar-refractivity contribution in [3.05, 3.63) is 99.4 Å². The summed E-state index contributed by atoms with van der Waals surface area (Å²) in [6.07, 6.45) is 1.52. The van der Waals surface area contributed by atoms with Gasteiger partial charge in [0.1, 0.15) is 6.61 Å². The number of amides is 1. The van der Waals surface area contributed by atoms with Crippen molar-refractivity contribution in [1.29, 1.82) is 0 Å². The molecule has 0 bridgehead atoms. The van der Waals surface area contributed by atoms with Crippen LogP contribution in [0.25, 0.3) is 17.2 Å². The molecule has 0 radical (unpaired) electrons. The highest BCUT2D eigenvalue weighted by atomic mass is 79.9. The van der Waals surface area contributed by atoms with Crippen LogP contribution in [-0.2, 0) is 14.0 Å². The first-order valence-corrected chi connectivity index (χ1v) is 13.3. The standard InChI is InChI=1S/C30H31BBrNO4/c1-29(2)30(3,4)37-31(36-29)21(17-20-11-5-10-16-27(20)32)18-33-28(34)35-19-26-24-14-8-6-12-22(24)23-13-7-9-15-25(23)26/h5-17,26H,18-19H2,1-4H3,(H,33,34). The number of alkyl carbamates (subject to hydrolysis) is 1. The minimum atomic E-state index is -0.592. The van der Waals surface area contributed by atoms with E-state index in [1.807, 2.05) is 82.3 Å². The third-order valence-corrected chi connectivity index (χ3v) is 8.30. The van der Waals surface area contributed by atoms with Crippen LogP contribution in [-0.4, -0.2) is 37.6 Å². The molecule has 37 heavy (non-hydrogen) atoms. The first-order valence-electron chi connectivity index (χ1n) is 12.6. The second kappa shape index (κ2) is 10.1. The number of hydrogen-bond acceptors (Lipinski definition) is 4. The smallest absolute Gasteiger partial charge is 0.449 e. The largest absolute Gasteiger partial charge is 0.492 e. The molecule has 7 heteroatoms. The SMILES string of the molecule is CC1(C)OB(C(=Cc2ccccc2Br)CNC(=O)OCC2c3ccccc3-c3ccccc32)OC1(C)C. The Bertz CT molecular complexity index is 1290. The maximum atomic E-state index is 12.9. The van der Waals surface area contributed by atoms with E-state index in [-0.39, 0.29) is 19.1 Å². The summed E-state index contributed by atoms with van der Waals surface area (Å²) in [5.74, 6) is 0.0107. The first-order chi connectivity index (χ1) is 17.7. The van der Waals surface area contributed by atoms with E-state index in [2.05, 4.69) is 45.5 Å². The van der Waals surface area contributed by atoms with Gasteiger partial charge in [-0.2, -0.15) is 0 Å². The molecule has 1 aliphatic heterocycles. The van der Waals surface area contributed by atoms with Gasteiger partial charge in [-0.05, 0) is 67.1 Å². The van der Waals surface area contributed by atoms with Crippen LogP contribution in [0.1, 0.15) is 50.3 Å². The van der Waals surface area contributed by atoms with E-state index in [1.54, 1.807) is 0 Å². The van der Waals surface area contributed by atoms with Crippen molar-refractivity contribution in [1.82, 2.24) is 5.32 Å². The number of hydrogen-bond donors (Lipinski definition) is 1. The highest BCUT2D eigenvalue weighted by Crippen LogP contribution is 2.44. The third kappa shape index (κ3) is 5.13. The number of carbonyl (C=O) groups excluding carboxylic acids is 1. The summed E-state index contributed by atoms with van der Waals surface area (Å²) in [4.78, 5) is 12.9. The van der Waals surface area contributed by atoms with Crippen molar-refractivity contribution >= 4 is 35.2 Å². The normalized spacial score (nSPS) is 17.9. The van der Waals surface area contributed by atoms with Crippen LogP contribution in [0.4, 0.5) is 4.79 Å². The molecule has 190 valence electrons. The number of fused-ring (bicyclic) bond motifs is 3. The summed E-state index contributed by atoms with van der Waals surface area (Å²) >= 11 is 3.61. The number of ether oxygens (including phenoxy) is 1. The third-order valence-electron chi connectivity index (χ3n) is 7.58. The second-order valence-corrected chi connectivity index (χ2v) is 11.4. The van der Waals surface area contributed by atoms with E-state index in [0.717, 1.165) is 15.5 Å². The lowest BCUT2D eigenvalue weighted by Crippen LogP contribution is -2.41. The van der Waals surface area contributed by atoms with Gasteiger partial charge >= 0.3 is 13.2 Å². The zero-order valence-corrected chi connectivity index (χ0v) is 23.2. The molecule has 1 saturated heterocycles. The van der Waals surface area contributed by atoms with Crippen molar-refractivity contribution in [2.24, 2.45) is 0 Å². The number of benzene rings is 3. The summed E-state index contributed by atoms with van der Waals surface area (Å²) in [6, 6.07) is 24.5. The summed E-state index contributed by atoms with van der Waals surface area (Å²) in [5.41, 5.74) is 5.56. The fourth-order valence-corrected chi connectivity index (χ4v) is 5.21. The Morgan fingerprint density at radius 2 is 1.46 bits per heavy atom. The molecule has 2 aliphatic rings. The van der Waals surface area contributed by atoms with Crippen LogP contribution < -0.4 is 5.32 Å². The summed E-state index contributed by atoms with van der Waals surface area (Å²) in [5, 5.41) is 2.92. The van der Waals surface area contributed by atoms with E-state index >= 15 is 0 Å². The molecular formula is C30H31BBrNO4. The van der Waals surface area contributed by atoms with Crippen LogP contribution in [0.15, 0.2) is 82.7 Å². The fourth-order valence-electron chi connectivity index (χ4n) is 4.81. The molecule has 1 fully saturated rings. The van der Waals surface area contributed by atoms with Gasteiger partial charge in [0.05, 0.1) is 11.2 Å². The molecule has 1 aliphatic carbocycles. The van der Waals surface area contributed by atoms with Crippen LogP contribution in [0, 0.1) is 0 Å². The topological polar surface area (TPSA) is 56.8 Å². The highest BCUT2D eigenvalue weighted by molar-refractivity contribution is 9.10. The molecule has 0 unspecified atom stereocenters. The first kappa shape index (κ1) is 25.8. The van der Waals surface area contributed by atoms with Gasteiger partial charge in [-0.1, -0.05) is 88.7 Å². The van der Waals surface area contributed by atoms with Gasteiger partial charge < -0.3 is 19.4 Å². The van der Waals surface area contributed by atoms with E-state index < -0.39 is 24.4 Å². The Balaban J connectivity index is 1.30. The van der Waals surface area contributed by atoms with Crippen LogP contribution in [0.5, 0.6) is 0 Å². The molecule has 3 aromatic rings. The zero-order valence-electron chi connectivity index (χ0n) is 21.6. The van der Waals surface area contributed by atoms with Gasteiger partial charge in [0.25, 0.3) is 0 Å². The lowest BCUT2D eigenvalue weighted by molar-refractivity contribution is 0.00578. The molecule has 5 nitrogen and oxygen atoms in total. The lowest BCUT2D eigenvalue weighted by Gasteiger charge is -2.32. The van der Waals surface area contributed by atoms with E-state index in [1.165, 1.54) is 22.3 Å². The lowest BCUT2D eigenvalue weighted by atomic mass is 9.77. The predicted octanol–water partition coefficient (Wildman–Crippen LogP) is 7.00. The molecule has 0 saturated carbocycles. The minimum absolute atomic E-state index is 0.0107. The summed E-state index contributed by atoms with van der Waals surface area (Å²) in [7, 11) is -0.592. The number of halogens is 1. The maximum absolute atomic E-state index is 12.9. The van der Waals surface area contributed by atoms with Gasteiger partial charge in [0, 0.05) is 16.9 Å². The number of nitrogens with one attached hydrogen (secondary N) is 1. The second-order valence-electron chi connectivity index (χ2n) is 10.5. The Hall–Kier alpha value is -2.87. The Morgan fingerprint density at radius 3 is 2.05 bits per heavy atom. The molecule has 0 aromatic heterocycles. The van der Waals surface area contributed by atoms with E-state index in [9.17, 15) is 4.79 Å². The predicted molar refractivity (Wildman–Crippen MR) is 151 cm³/mol. The Morgan fingerprint density at radius 1 is 0.919 bits per heavy atom. The van der Waals surface area contributed by atoms with Crippen molar-refractivity contribution < 1.29 is 18.8 Å². The van der Waals surface area contributed by atoms with Gasteiger partial charge in [-0.3, -0.25) is 0 Å². The van der Waals surface area contributed by atoms with Crippen molar-refractivity contribution in [2.45, 2.75) is 44.8 Å². The quantitative estimate of drug-likeness (QED) is 0.330. The van der Waals surface area contributed by atoms with Gasteiger partial charge in [0.2, 0.25) is 0 Å². The van der Waals surface area contributed by atoms with E-state index in [4.69, 9.17) is 14.0 Å². The van der Waals surface area contributed by atoms with Crippen LogP contribution >= 0.6 is 15.9 Å². The van der Waals surface area contributed by atoms with Crippen molar-refractivity contribution in [3.8, 4) is 11.1 Å². The van der Waals surface area contributed by atoms with Crippen LogP contribution in [0.3, 0.4) is 0 Å². The minimum Gasteiger partial charge on any atom is -0.449 e. The fraction of sp³-hybridized carbons (Fsp3) is 0.300. The van der Waals surface area contributed by atoms with Gasteiger partial charge in [-0.25, -0.2) is 4.79 Å². The number of rotatable bonds is 6. The Labute approximate surface area is 227 Å². The monoisotopic (exact) mass is 559 g/mol. The highest BCUT2D eigenvalue weighted by Gasteiger charge is 2.52. The van der Waals surface area contributed by atoms with Crippen molar-refractivity contribution in [2.75, 3.05) is 13.2 Å². The molecule has 5 rings (SSSR count). The van der Waals surface area contributed by atoms with Gasteiger partial charge in [0.15, 0.2) is 0 Å². The molecule has 0 atom stereocenters. The molecule has 1 heterocycles. The average molecular weight is 560 g/mol. The molecular weight excluding hydrogens is 529 g/mol. The molecule has 0 spiro atoms. The molecule has 1 N–H and O–H groups in total. The maximum Gasteiger partial charge on any atom is 0.492 e.